The maximum atomic E-state index is 11.6. The highest BCUT2D eigenvalue weighted by Crippen LogP contribution is 2.11. The smallest absolute Gasteiger partial charge is 0.222 e. The number of hydrogen-bond donors (Lipinski definition) is 1. The second-order valence-corrected chi connectivity index (χ2v) is 4.90. The summed E-state index contributed by atoms with van der Waals surface area (Å²) in [6.07, 6.45) is 5.47. The summed E-state index contributed by atoms with van der Waals surface area (Å²) in [6, 6.07) is 0.317. The van der Waals surface area contributed by atoms with Crippen LogP contribution in [0.4, 0.5) is 0 Å². The number of carbonyl (C=O) groups excluding carboxylic acids is 1. The van der Waals surface area contributed by atoms with Gasteiger partial charge in [0.15, 0.2) is 0 Å². The summed E-state index contributed by atoms with van der Waals surface area (Å²) in [5.41, 5.74) is 0. The van der Waals surface area contributed by atoms with Gasteiger partial charge in [-0.2, -0.15) is 0 Å². The van der Waals surface area contributed by atoms with Crippen molar-refractivity contribution >= 4 is 5.91 Å². The maximum absolute atomic E-state index is 11.6. The monoisotopic (exact) mass is 224 g/mol. The van der Waals surface area contributed by atoms with Crippen LogP contribution in [0.2, 0.25) is 0 Å². The number of nitrogens with zero attached hydrogens (tertiary/aromatic N) is 1. The van der Waals surface area contributed by atoms with Crippen LogP contribution in [-0.4, -0.2) is 36.5 Å². The van der Waals surface area contributed by atoms with E-state index in [0.29, 0.717) is 6.04 Å². The molecule has 1 unspecified atom stereocenters. The minimum Gasteiger partial charge on any atom is -0.352 e. The van der Waals surface area contributed by atoms with Gasteiger partial charge in [-0.15, -0.1) is 6.58 Å². The van der Waals surface area contributed by atoms with Crippen molar-refractivity contribution < 1.29 is 4.79 Å². The molecule has 3 heteroatoms. The molecule has 1 aliphatic rings. The lowest BCUT2D eigenvalue weighted by molar-refractivity contribution is -0.124. The van der Waals surface area contributed by atoms with Crippen LogP contribution >= 0.6 is 0 Å². The van der Waals surface area contributed by atoms with E-state index in [4.69, 9.17) is 0 Å². The van der Waals surface area contributed by atoms with E-state index in [2.05, 4.69) is 16.8 Å². The van der Waals surface area contributed by atoms with Crippen LogP contribution in [0.25, 0.3) is 0 Å². The van der Waals surface area contributed by atoms with Gasteiger partial charge in [0.1, 0.15) is 0 Å². The molecular weight excluding hydrogens is 200 g/mol. The Morgan fingerprint density at radius 2 is 2.31 bits per heavy atom. The standard InChI is InChI=1S/C13H24N2O/c1-4-8-15-9-6-5-7-12(10-15)14-13(16)11(2)3/h4,11-12H,1,5-10H2,2-3H3,(H,14,16). The molecule has 0 radical (unpaired) electrons. The topological polar surface area (TPSA) is 32.3 Å². The van der Waals surface area contributed by atoms with E-state index in [1.165, 1.54) is 12.8 Å². The molecule has 1 rings (SSSR count). The molecule has 16 heavy (non-hydrogen) atoms. The second kappa shape index (κ2) is 6.69. The van der Waals surface area contributed by atoms with Crippen molar-refractivity contribution in [1.29, 1.82) is 0 Å². The molecule has 0 spiro atoms. The van der Waals surface area contributed by atoms with Crippen LogP contribution in [0.3, 0.4) is 0 Å². The van der Waals surface area contributed by atoms with Gasteiger partial charge < -0.3 is 5.32 Å². The van der Waals surface area contributed by atoms with Crippen LogP contribution in [0.15, 0.2) is 12.7 Å². The maximum Gasteiger partial charge on any atom is 0.222 e. The molecule has 1 fully saturated rings. The molecule has 1 saturated heterocycles. The predicted molar refractivity (Wildman–Crippen MR) is 67.3 cm³/mol. The molecule has 0 aliphatic carbocycles. The Labute approximate surface area is 98.9 Å². The first kappa shape index (κ1) is 13.2. The first-order chi connectivity index (χ1) is 7.63. The number of carbonyl (C=O) groups is 1. The zero-order chi connectivity index (χ0) is 12.0. The number of rotatable bonds is 4. The molecule has 0 aromatic heterocycles. The number of likely N-dealkylation sites (tertiary alicyclic amines) is 1. The molecular formula is C13H24N2O. The quantitative estimate of drug-likeness (QED) is 0.739. The first-order valence-corrected chi connectivity index (χ1v) is 6.27. The van der Waals surface area contributed by atoms with Gasteiger partial charge in [-0.1, -0.05) is 26.3 Å². The minimum absolute atomic E-state index is 0.0797. The average molecular weight is 224 g/mol. The third-order valence-electron chi connectivity index (χ3n) is 3.01. The summed E-state index contributed by atoms with van der Waals surface area (Å²) in [5, 5.41) is 3.13. The van der Waals surface area contributed by atoms with E-state index >= 15 is 0 Å². The fraction of sp³-hybridized carbons (Fsp3) is 0.769. The van der Waals surface area contributed by atoms with Gasteiger partial charge in [-0.25, -0.2) is 0 Å². The van der Waals surface area contributed by atoms with Gasteiger partial charge in [0.05, 0.1) is 0 Å². The summed E-state index contributed by atoms with van der Waals surface area (Å²) in [5.74, 6) is 0.251. The lowest BCUT2D eigenvalue weighted by Gasteiger charge is -2.24. The highest BCUT2D eigenvalue weighted by Gasteiger charge is 2.19. The number of nitrogens with one attached hydrogen (secondary N) is 1. The normalized spacial score (nSPS) is 22.8. The highest BCUT2D eigenvalue weighted by molar-refractivity contribution is 5.78. The van der Waals surface area contributed by atoms with Crippen molar-refractivity contribution in [2.75, 3.05) is 19.6 Å². The van der Waals surface area contributed by atoms with Gasteiger partial charge in [0.25, 0.3) is 0 Å². The summed E-state index contributed by atoms with van der Waals surface area (Å²) >= 11 is 0. The average Bonchev–Trinajstić information content (AvgIpc) is 2.44. The third-order valence-corrected chi connectivity index (χ3v) is 3.01. The number of hydrogen-bond acceptors (Lipinski definition) is 2. The first-order valence-electron chi connectivity index (χ1n) is 6.27. The van der Waals surface area contributed by atoms with Gasteiger partial charge in [0.2, 0.25) is 5.91 Å². The zero-order valence-corrected chi connectivity index (χ0v) is 10.5. The Kier molecular flexibility index (Phi) is 5.53. The fourth-order valence-electron chi connectivity index (χ4n) is 2.05. The molecule has 1 N–H and O–H groups in total. The zero-order valence-electron chi connectivity index (χ0n) is 10.5. The van der Waals surface area contributed by atoms with Crippen molar-refractivity contribution in [1.82, 2.24) is 10.2 Å². The second-order valence-electron chi connectivity index (χ2n) is 4.90. The van der Waals surface area contributed by atoms with E-state index in [0.717, 1.165) is 26.1 Å². The summed E-state index contributed by atoms with van der Waals surface area (Å²) in [7, 11) is 0. The largest absolute Gasteiger partial charge is 0.352 e. The molecule has 0 saturated carbocycles. The molecule has 1 amide bonds. The van der Waals surface area contributed by atoms with Gasteiger partial charge in [-0.3, -0.25) is 9.69 Å². The van der Waals surface area contributed by atoms with E-state index in [1.54, 1.807) is 0 Å². The third kappa shape index (κ3) is 4.35. The predicted octanol–water partition coefficient (Wildman–Crippen LogP) is 1.80. The van der Waals surface area contributed by atoms with E-state index < -0.39 is 0 Å². The highest BCUT2D eigenvalue weighted by atomic mass is 16.1. The van der Waals surface area contributed by atoms with Crippen molar-refractivity contribution in [3.63, 3.8) is 0 Å². The summed E-state index contributed by atoms with van der Waals surface area (Å²) in [6.45, 7) is 10.7. The van der Waals surface area contributed by atoms with Crippen LogP contribution in [0.1, 0.15) is 33.1 Å². The Morgan fingerprint density at radius 3 is 2.94 bits per heavy atom. The Hall–Kier alpha value is -0.830. The van der Waals surface area contributed by atoms with Gasteiger partial charge in [0, 0.05) is 25.0 Å². The molecule has 0 bridgehead atoms. The molecule has 0 aromatic rings. The van der Waals surface area contributed by atoms with Crippen molar-refractivity contribution in [2.45, 2.75) is 39.2 Å². The molecule has 1 atom stereocenters. The van der Waals surface area contributed by atoms with Crippen LogP contribution < -0.4 is 5.32 Å². The van der Waals surface area contributed by atoms with Crippen molar-refractivity contribution in [3.8, 4) is 0 Å². The SMILES string of the molecule is C=CCN1CCCCC(NC(=O)C(C)C)C1. The molecule has 1 heterocycles. The fourth-order valence-corrected chi connectivity index (χ4v) is 2.05. The van der Waals surface area contributed by atoms with Gasteiger partial charge in [-0.05, 0) is 19.4 Å². The van der Waals surface area contributed by atoms with Crippen LogP contribution in [0, 0.1) is 5.92 Å². The Balaban J connectivity index is 2.45. The minimum atomic E-state index is 0.0797. The van der Waals surface area contributed by atoms with Crippen LogP contribution in [-0.2, 0) is 4.79 Å². The van der Waals surface area contributed by atoms with Crippen molar-refractivity contribution in [3.05, 3.63) is 12.7 Å². The lowest BCUT2D eigenvalue weighted by Crippen LogP contribution is -2.44. The van der Waals surface area contributed by atoms with Crippen molar-refractivity contribution in [2.24, 2.45) is 5.92 Å². The van der Waals surface area contributed by atoms with E-state index in [9.17, 15) is 4.79 Å². The number of amides is 1. The summed E-state index contributed by atoms with van der Waals surface area (Å²) < 4.78 is 0. The van der Waals surface area contributed by atoms with E-state index in [1.807, 2.05) is 19.9 Å². The Bertz CT molecular complexity index is 238. The molecule has 1 aliphatic heterocycles. The van der Waals surface area contributed by atoms with Crippen LogP contribution in [0.5, 0.6) is 0 Å². The Morgan fingerprint density at radius 1 is 1.56 bits per heavy atom. The molecule has 92 valence electrons. The van der Waals surface area contributed by atoms with E-state index in [-0.39, 0.29) is 11.8 Å². The molecule has 3 nitrogen and oxygen atoms in total. The summed E-state index contributed by atoms with van der Waals surface area (Å²) in [4.78, 5) is 14.0. The lowest BCUT2D eigenvalue weighted by atomic mass is 10.1. The molecule has 0 aromatic carbocycles. The van der Waals surface area contributed by atoms with Gasteiger partial charge >= 0.3 is 0 Å².